The zero-order valence-corrected chi connectivity index (χ0v) is 11.7. The Morgan fingerprint density at radius 3 is 3.10 bits per heavy atom. The second-order valence-corrected chi connectivity index (χ2v) is 5.89. The van der Waals surface area contributed by atoms with Gasteiger partial charge >= 0.3 is 0 Å². The minimum Gasteiger partial charge on any atom is -0.398 e. The van der Waals surface area contributed by atoms with Crippen LogP contribution >= 0.6 is 11.3 Å². The predicted molar refractivity (Wildman–Crippen MR) is 83.0 cm³/mol. The standard InChI is InChI=1S/C15H14N4S/c16-13-3-1-2-10-4-6-19(8-12(10)13)14-11-5-7-20-15(11)18-9-17-14/h1-3,5,7,9H,4,6,8,16H2. The summed E-state index contributed by atoms with van der Waals surface area (Å²) in [5, 5.41) is 3.20. The molecule has 3 heterocycles. The van der Waals surface area contributed by atoms with Gasteiger partial charge in [-0.15, -0.1) is 11.3 Å². The molecule has 1 aromatic carbocycles. The Morgan fingerprint density at radius 1 is 1.20 bits per heavy atom. The summed E-state index contributed by atoms with van der Waals surface area (Å²) in [5.41, 5.74) is 9.59. The smallest absolute Gasteiger partial charge is 0.141 e. The number of rotatable bonds is 1. The molecule has 0 saturated heterocycles. The van der Waals surface area contributed by atoms with Crippen molar-refractivity contribution in [2.24, 2.45) is 0 Å². The summed E-state index contributed by atoms with van der Waals surface area (Å²) >= 11 is 1.65. The molecule has 2 aromatic heterocycles. The van der Waals surface area contributed by atoms with E-state index in [1.54, 1.807) is 17.7 Å². The molecule has 0 unspecified atom stereocenters. The zero-order valence-electron chi connectivity index (χ0n) is 10.9. The van der Waals surface area contributed by atoms with Crippen molar-refractivity contribution in [3.63, 3.8) is 0 Å². The van der Waals surface area contributed by atoms with Crippen molar-refractivity contribution in [2.45, 2.75) is 13.0 Å². The summed E-state index contributed by atoms with van der Waals surface area (Å²) in [4.78, 5) is 12.1. The summed E-state index contributed by atoms with van der Waals surface area (Å²) in [6.07, 6.45) is 2.66. The van der Waals surface area contributed by atoms with Crippen LogP contribution in [0, 0.1) is 0 Å². The second-order valence-electron chi connectivity index (χ2n) is 4.99. The number of benzene rings is 1. The van der Waals surface area contributed by atoms with E-state index >= 15 is 0 Å². The van der Waals surface area contributed by atoms with Crippen LogP contribution < -0.4 is 10.6 Å². The molecule has 5 heteroatoms. The molecule has 0 fully saturated rings. The summed E-state index contributed by atoms with van der Waals surface area (Å²) in [5.74, 6) is 1.02. The number of nitrogens with zero attached hydrogens (tertiary/aromatic N) is 3. The van der Waals surface area contributed by atoms with Gasteiger partial charge in [0.15, 0.2) is 0 Å². The Kier molecular flexibility index (Phi) is 2.60. The molecule has 3 aromatic rings. The highest BCUT2D eigenvalue weighted by atomic mass is 32.1. The lowest BCUT2D eigenvalue weighted by molar-refractivity contribution is 0.725. The quantitative estimate of drug-likeness (QED) is 0.697. The third-order valence-corrected chi connectivity index (χ3v) is 4.67. The maximum absolute atomic E-state index is 6.12. The van der Waals surface area contributed by atoms with E-state index in [1.165, 1.54) is 11.1 Å². The number of thiophene rings is 1. The molecular weight excluding hydrogens is 268 g/mol. The molecule has 1 aliphatic rings. The van der Waals surface area contributed by atoms with E-state index in [0.717, 1.165) is 41.2 Å². The minimum absolute atomic E-state index is 0.823. The SMILES string of the molecule is Nc1cccc2c1CN(c1ncnc3sccc13)CC2. The fourth-order valence-electron chi connectivity index (χ4n) is 2.82. The molecule has 0 spiro atoms. The molecule has 0 radical (unpaired) electrons. The van der Waals surface area contributed by atoms with Gasteiger partial charge in [-0.05, 0) is 35.1 Å². The van der Waals surface area contributed by atoms with Crippen molar-refractivity contribution in [1.82, 2.24) is 9.97 Å². The number of anilines is 2. The van der Waals surface area contributed by atoms with Crippen LogP contribution in [0.15, 0.2) is 36.0 Å². The van der Waals surface area contributed by atoms with Gasteiger partial charge in [0.25, 0.3) is 0 Å². The lowest BCUT2D eigenvalue weighted by Gasteiger charge is -2.30. The van der Waals surface area contributed by atoms with Crippen LogP contribution in [0.5, 0.6) is 0 Å². The summed E-state index contributed by atoms with van der Waals surface area (Å²) in [7, 11) is 0. The van der Waals surface area contributed by atoms with Gasteiger partial charge in [0.1, 0.15) is 17.0 Å². The van der Waals surface area contributed by atoms with Crippen molar-refractivity contribution in [3.8, 4) is 0 Å². The van der Waals surface area contributed by atoms with E-state index in [2.05, 4.69) is 32.4 Å². The molecule has 1 aliphatic heterocycles. The van der Waals surface area contributed by atoms with Crippen molar-refractivity contribution in [2.75, 3.05) is 17.2 Å². The predicted octanol–water partition coefficient (Wildman–Crippen LogP) is 2.84. The van der Waals surface area contributed by atoms with Gasteiger partial charge < -0.3 is 10.6 Å². The molecule has 100 valence electrons. The topological polar surface area (TPSA) is 55.0 Å². The number of hydrogen-bond acceptors (Lipinski definition) is 5. The highest BCUT2D eigenvalue weighted by molar-refractivity contribution is 7.16. The van der Waals surface area contributed by atoms with E-state index in [0.29, 0.717) is 0 Å². The van der Waals surface area contributed by atoms with Crippen LogP contribution in [0.1, 0.15) is 11.1 Å². The van der Waals surface area contributed by atoms with Crippen LogP contribution in [0.3, 0.4) is 0 Å². The van der Waals surface area contributed by atoms with Crippen LogP contribution in [-0.4, -0.2) is 16.5 Å². The maximum Gasteiger partial charge on any atom is 0.141 e. The molecule has 0 bridgehead atoms. The molecule has 4 rings (SSSR count). The number of nitrogen functional groups attached to an aromatic ring is 1. The van der Waals surface area contributed by atoms with Crippen molar-refractivity contribution in [1.29, 1.82) is 0 Å². The number of aromatic nitrogens is 2. The molecule has 2 N–H and O–H groups in total. The number of nitrogens with two attached hydrogens (primary N) is 1. The average Bonchev–Trinajstić information content (AvgIpc) is 2.96. The minimum atomic E-state index is 0.823. The lowest BCUT2D eigenvalue weighted by atomic mass is 9.98. The summed E-state index contributed by atoms with van der Waals surface area (Å²) < 4.78 is 0. The molecule has 0 saturated carbocycles. The monoisotopic (exact) mass is 282 g/mol. The van der Waals surface area contributed by atoms with Gasteiger partial charge in [-0.1, -0.05) is 12.1 Å². The second kappa shape index (κ2) is 4.45. The fourth-order valence-corrected chi connectivity index (χ4v) is 3.54. The zero-order chi connectivity index (χ0) is 13.5. The Balaban J connectivity index is 1.78. The molecule has 0 amide bonds. The molecule has 0 aliphatic carbocycles. The number of fused-ring (bicyclic) bond motifs is 2. The van der Waals surface area contributed by atoms with Crippen molar-refractivity contribution >= 4 is 33.1 Å². The van der Waals surface area contributed by atoms with Crippen molar-refractivity contribution in [3.05, 3.63) is 47.1 Å². The highest BCUT2D eigenvalue weighted by Crippen LogP contribution is 2.31. The van der Waals surface area contributed by atoms with Gasteiger partial charge in [0.2, 0.25) is 0 Å². The Labute approximate surface area is 120 Å². The van der Waals surface area contributed by atoms with Crippen LogP contribution in [0.25, 0.3) is 10.2 Å². The highest BCUT2D eigenvalue weighted by Gasteiger charge is 2.21. The maximum atomic E-state index is 6.12. The first kappa shape index (κ1) is 11.7. The average molecular weight is 282 g/mol. The largest absolute Gasteiger partial charge is 0.398 e. The van der Waals surface area contributed by atoms with Crippen molar-refractivity contribution < 1.29 is 0 Å². The molecule has 4 nitrogen and oxygen atoms in total. The molecular formula is C15H14N4S. The van der Waals surface area contributed by atoms with Gasteiger partial charge in [-0.25, -0.2) is 9.97 Å². The van der Waals surface area contributed by atoms with E-state index in [-0.39, 0.29) is 0 Å². The van der Waals surface area contributed by atoms with Gasteiger partial charge in [-0.2, -0.15) is 0 Å². The fraction of sp³-hybridized carbons (Fsp3) is 0.200. The van der Waals surface area contributed by atoms with E-state index in [9.17, 15) is 0 Å². The van der Waals surface area contributed by atoms with Crippen LogP contribution in [-0.2, 0) is 13.0 Å². The van der Waals surface area contributed by atoms with Gasteiger partial charge in [0, 0.05) is 18.8 Å². The third kappa shape index (κ3) is 1.74. The third-order valence-electron chi connectivity index (χ3n) is 3.85. The first-order chi connectivity index (χ1) is 9.83. The van der Waals surface area contributed by atoms with Crippen LogP contribution in [0.4, 0.5) is 11.5 Å². The van der Waals surface area contributed by atoms with Gasteiger partial charge in [-0.3, -0.25) is 0 Å². The Bertz CT molecular complexity index is 780. The molecule has 0 atom stereocenters. The van der Waals surface area contributed by atoms with E-state index < -0.39 is 0 Å². The first-order valence-electron chi connectivity index (χ1n) is 6.62. The summed E-state index contributed by atoms with van der Waals surface area (Å²) in [6, 6.07) is 8.27. The normalized spacial score (nSPS) is 14.5. The van der Waals surface area contributed by atoms with Crippen LogP contribution in [0.2, 0.25) is 0 Å². The molecule has 20 heavy (non-hydrogen) atoms. The Hall–Kier alpha value is -2.14. The van der Waals surface area contributed by atoms with E-state index in [4.69, 9.17) is 5.73 Å². The lowest BCUT2D eigenvalue weighted by Crippen LogP contribution is -2.31. The van der Waals surface area contributed by atoms with Gasteiger partial charge in [0.05, 0.1) is 5.39 Å². The summed E-state index contributed by atoms with van der Waals surface area (Å²) in [6.45, 7) is 1.79. The van der Waals surface area contributed by atoms with E-state index in [1.807, 2.05) is 12.1 Å². The Morgan fingerprint density at radius 2 is 2.15 bits per heavy atom. The first-order valence-corrected chi connectivity index (χ1v) is 7.50. The number of hydrogen-bond donors (Lipinski definition) is 1.